The number of nitro benzene ring substituents is 1. The molecule has 7 nitrogen and oxygen atoms in total. The molecule has 0 bridgehead atoms. The number of nitrogens with zero attached hydrogens (tertiary/aromatic N) is 1. The summed E-state index contributed by atoms with van der Waals surface area (Å²) in [6, 6.07) is 3.86. The second kappa shape index (κ2) is 5.90. The van der Waals surface area contributed by atoms with Gasteiger partial charge in [0, 0.05) is 23.2 Å². The third kappa shape index (κ3) is 3.01. The van der Waals surface area contributed by atoms with Gasteiger partial charge in [0.15, 0.2) is 0 Å². The molecule has 1 aliphatic rings. The van der Waals surface area contributed by atoms with Crippen molar-refractivity contribution in [3.8, 4) is 0 Å². The van der Waals surface area contributed by atoms with Crippen molar-refractivity contribution in [3.63, 3.8) is 0 Å². The lowest BCUT2D eigenvalue weighted by atomic mass is 10.0. The standard InChI is InChI=1S/C14H16N2O5/c1-8-9(4-3-7-12(8)16(20)21)13(17)15-11-6-2-5-10(11)14(18)19/h3-4,7,10-11H,2,5-6H2,1H3,(H,15,17)(H,18,19). The Balaban J connectivity index is 2.19. The summed E-state index contributed by atoms with van der Waals surface area (Å²) in [5.74, 6) is -1.98. The molecule has 2 unspecified atom stereocenters. The Kier molecular flexibility index (Phi) is 4.21. The van der Waals surface area contributed by atoms with E-state index in [0.29, 0.717) is 12.8 Å². The van der Waals surface area contributed by atoms with Gasteiger partial charge in [-0.2, -0.15) is 0 Å². The van der Waals surface area contributed by atoms with Crippen LogP contribution < -0.4 is 5.32 Å². The van der Waals surface area contributed by atoms with Crippen molar-refractivity contribution in [2.75, 3.05) is 0 Å². The molecule has 1 aliphatic carbocycles. The minimum atomic E-state index is -0.923. The molecule has 21 heavy (non-hydrogen) atoms. The number of carbonyl (C=O) groups excluding carboxylic acids is 1. The number of hydrogen-bond donors (Lipinski definition) is 2. The van der Waals surface area contributed by atoms with E-state index in [-0.39, 0.29) is 16.8 Å². The number of carbonyl (C=O) groups is 2. The maximum absolute atomic E-state index is 12.2. The van der Waals surface area contributed by atoms with Gasteiger partial charge < -0.3 is 10.4 Å². The topological polar surface area (TPSA) is 110 Å². The second-order valence-electron chi connectivity index (χ2n) is 5.16. The monoisotopic (exact) mass is 292 g/mol. The Morgan fingerprint density at radius 3 is 2.71 bits per heavy atom. The smallest absolute Gasteiger partial charge is 0.308 e. The molecule has 1 aromatic rings. The number of amides is 1. The fourth-order valence-electron chi connectivity index (χ4n) is 2.74. The average molecular weight is 292 g/mol. The molecular formula is C14H16N2O5. The summed E-state index contributed by atoms with van der Waals surface area (Å²) in [6.07, 6.45) is 1.89. The van der Waals surface area contributed by atoms with E-state index in [1.165, 1.54) is 25.1 Å². The van der Waals surface area contributed by atoms with Gasteiger partial charge in [0.1, 0.15) is 0 Å². The molecule has 2 atom stereocenters. The van der Waals surface area contributed by atoms with Crippen LogP contribution >= 0.6 is 0 Å². The van der Waals surface area contributed by atoms with Crippen molar-refractivity contribution < 1.29 is 19.6 Å². The quantitative estimate of drug-likeness (QED) is 0.650. The van der Waals surface area contributed by atoms with Crippen molar-refractivity contribution >= 4 is 17.6 Å². The molecule has 0 heterocycles. The molecule has 2 N–H and O–H groups in total. The number of carboxylic acids is 1. The normalized spacial score (nSPS) is 21.0. The Hall–Kier alpha value is -2.44. The van der Waals surface area contributed by atoms with Crippen molar-refractivity contribution in [1.29, 1.82) is 0 Å². The minimum Gasteiger partial charge on any atom is -0.481 e. The van der Waals surface area contributed by atoms with Crippen LogP contribution in [0.25, 0.3) is 0 Å². The minimum absolute atomic E-state index is 0.121. The third-order valence-electron chi connectivity index (χ3n) is 3.90. The van der Waals surface area contributed by atoms with Crippen LogP contribution in [-0.4, -0.2) is 27.9 Å². The first-order valence-electron chi connectivity index (χ1n) is 6.69. The van der Waals surface area contributed by atoms with E-state index in [2.05, 4.69) is 5.32 Å². The predicted molar refractivity (Wildman–Crippen MR) is 74.1 cm³/mol. The van der Waals surface area contributed by atoms with Gasteiger partial charge in [-0.05, 0) is 25.8 Å². The largest absolute Gasteiger partial charge is 0.481 e. The van der Waals surface area contributed by atoms with E-state index in [1.807, 2.05) is 0 Å². The highest BCUT2D eigenvalue weighted by Crippen LogP contribution is 2.27. The molecule has 1 saturated carbocycles. The third-order valence-corrected chi connectivity index (χ3v) is 3.90. The summed E-state index contributed by atoms with van der Waals surface area (Å²) in [7, 11) is 0. The number of nitro groups is 1. The lowest BCUT2D eigenvalue weighted by Crippen LogP contribution is -2.40. The predicted octanol–water partition coefficient (Wildman–Crippen LogP) is 1.89. The highest BCUT2D eigenvalue weighted by molar-refractivity contribution is 5.97. The van der Waals surface area contributed by atoms with Gasteiger partial charge in [-0.1, -0.05) is 12.5 Å². The summed E-state index contributed by atoms with van der Waals surface area (Å²) in [4.78, 5) is 33.7. The van der Waals surface area contributed by atoms with Crippen molar-refractivity contribution in [1.82, 2.24) is 5.32 Å². The van der Waals surface area contributed by atoms with Crippen LogP contribution in [0.3, 0.4) is 0 Å². The molecule has 0 spiro atoms. The molecular weight excluding hydrogens is 276 g/mol. The first-order chi connectivity index (χ1) is 9.91. The number of hydrogen-bond acceptors (Lipinski definition) is 4. The van der Waals surface area contributed by atoms with Crippen molar-refractivity contribution in [2.24, 2.45) is 5.92 Å². The summed E-state index contributed by atoms with van der Waals surface area (Å²) in [5, 5.41) is 22.7. The van der Waals surface area contributed by atoms with Gasteiger partial charge in [0.05, 0.1) is 10.8 Å². The van der Waals surface area contributed by atoms with Crippen LogP contribution in [0.1, 0.15) is 35.2 Å². The summed E-state index contributed by atoms with van der Waals surface area (Å²) in [5.41, 5.74) is 0.369. The van der Waals surface area contributed by atoms with Gasteiger partial charge in [-0.15, -0.1) is 0 Å². The molecule has 0 radical (unpaired) electrons. The Morgan fingerprint density at radius 2 is 2.10 bits per heavy atom. The zero-order chi connectivity index (χ0) is 15.6. The molecule has 1 amide bonds. The van der Waals surface area contributed by atoms with E-state index >= 15 is 0 Å². The Labute approximate surface area is 121 Å². The van der Waals surface area contributed by atoms with Crippen LogP contribution in [0, 0.1) is 23.0 Å². The van der Waals surface area contributed by atoms with Gasteiger partial charge in [-0.3, -0.25) is 19.7 Å². The van der Waals surface area contributed by atoms with E-state index in [1.54, 1.807) is 0 Å². The van der Waals surface area contributed by atoms with Crippen LogP contribution in [0.2, 0.25) is 0 Å². The number of benzene rings is 1. The van der Waals surface area contributed by atoms with E-state index in [4.69, 9.17) is 5.11 Å². The first-order valence-corrected chi connectivity index (χ1v) is 6.69. The highest BCUT2D eigenvalue weighted by atomic mass is 16.6. The van der Waals surface area contributed by atoms with Crippen LogP contribution in [0.5, 0.6) is 0 Å². The maximum Gasteiger partial charge on any atom is 0.308 e. The van der Waals surface area contributed by atoms with Gasteiger partial charge in [0.25, 0.3) is 11.6 Å². The van der Waals surface area contributed by atoms with E-state index < -0.39 is 28.8 Å². The second-order valence-corrected chi connectivity index (χ2v) is 5.16. The molecule has 112 valence electrons. The summed E-state index contributed by atoms with van der Waals surface area (Å²) in [6.45, 7) is 1.51. The fraction of sp³-hybridized carbons (Fsp3) is 0.429. The first kappa shape index (κ1) is 15.0. The average Bonchev–Trinajstić information content (AvgIpc) is 2.86. The molecule has 2 rings (SSSR count). The molecule has 7 heteroatoms. The van der Waals surface area contributed by atoms with Crippen LogP contribution in [0.4, 0.5) is 5.69 Å². The zero-order valence-corrected chi connectivity index (χ0v) is 11.5. The van der Waals surface area contributed by atoms with Gasteiger partial charge in [-0.25, -0.2) is 0 Å². The number of aliphatic carboxylic acids is 1. The lowest BCUT2D eigenvalue weighted by Gasteiger charge is -2.18. The molecule has 0 saturated heterocycles. The van der Waals surface area contributed by atoms with E-state index in [0.717, 1.165) is 6.42 Å². The van der Waals surface area contributed by atoms with Crippen molar-refractivity contribution in [3.05, 3.63) is 39.4 Å². The van der Waals surface area contributed by atoms with Gasteiger partial charge >= 0.3 is 5.97 Å². The molecule has 1 aromatic carbocycles. The Bertz CT molecular complexity index is 599. The molecule has 1 fully saturated rings. The SMILES string of the molecule is Cc1c(C(=O)NC2CCCC2C(=O)O)cccc1[N+](=O)[O-]. The molecule has 0 aliphatic heterocycles. The van der Waals surface area contributed by atoms with Gasteiger partial charge in [0.2, 0.25) is 0 Å². The highest BCUT2D eigenvalue weighted by Gasteiger charge is 2.34. The molecule has 0 aromatic heterocycles. The van der Waals surface area contributed by atoms with Crippen molar-refractivity contribution in [2.45, 2.75) is 32.2 Å². The summed E-state index contributed by atoms with van der Waals surface area (Å²) >= 11 is 0. The van der Waals surface area contributed by atoms with Crippen LogP contribution in [-0.2, 0) is 4.79 Å². The Morgan fingerprint density at radius 1 is 1.38 bits per heavy atom. The number of rotatable bonds is 4. The number of carboxylic acid groups (broad SMARTS) is 1. The number of nitrogens with one attached hydrogen (secondary N) is 1. The van der Waals surface area contributed by atoms with E-state index in [9.17, 15) is 19.7 Å². The summed E-state index contributed by atoms with van der Waals surface area (Å²) < 4.78 is 0. The fourth-order valence-corrected chi connectivity index (χ4v) is 2.74. The maximum atomic E-state index is 12.2. The van der Waals surface area contributed by atoms with Crippen LogP contribution in [0.15, 0.2) is 18.2 Å². The zero-order valence-electron chi connectivity index (χ0n) is 11.5. The lowest BCUT2D eigenvalue weighted by molar-refractivity contribution is -0.385.